The van der Waals surface area contributed by atoms with E-state index < -0.39 is 0 Å². The first-order valence-corrected chi connectivity index (χ1v) is 11.0. The second kappa shape index (κ2) is 10.3. The highest BCUT2D eigenvalue weighted by Crippen LogP contribution is 2.27. The third kappa shape index (κ3) is 5.70. The lowest BCUT2D eigenvalue weighted by atomic mass is 9.93. The number of nitrogens with one attached hydrogen (secondary N) is 1. The fourth-order valence-corrected chi connectivity index (χ4v) is 4.29. The number of guanidine groups is 1. The third-order valence-electron chi connectivity index (χ3n) is 6.18. The summed E-state index contributed by atoms with van der Waals surface area (Å²) < 4.78 is 2.26. The van der Waals surface area contributed by atoms with E-state index in [0.29, 0.717) is 17.9 Å². The maximum absolute atomic E-state index is 5.03. The molecule has 158 valence electrons. The number of likely N-dealkylation sites (N-methyl/N-ethyl adjacent to an activating group) is 1. The summed E-state index contributed by atoms with van der Waals surface area (Å²) in [5.74, 6) is 2.31. The summed E-state index contributed by atoms with van der Waals surface area (Å²) in [4.78, 5) is 16.7. The minimum Gasteiger partial charge on any atom is -0.357 e. The van der Waals surface area contributed by atoms with Gasteiger partial charge in [0.25, 0.3) is 0 Å². The van der Waals surface area contributed by atoms with Gasteiger partial charge in [-0.15, -0.1) is 0 Å². The summed E-state index contributed by atoms with van der Waals surface area (Å²) in [6, 6.07) is 0.461. The van der Waals surface area contributed by atoms with Crippen LogP contribution in [0, 0.1) is 11.8 Å². The lowest BCUT2D eigenvalue weighted by molar-refractivity contribution is 0.140. The van der Waals surface area contributed by atoms with E-state index in [1.165, 1.54) is 32.6 Å². The standard InChI is InChI=1S/C21H39N7/c1-5-23-21(24-14-18(2)15-26-12-10-25(4)11-13-26)27-8-6-19(3)20(16-27)28-9-7-22-17-28/h7,9,17-20H,5-6,8,10-16H2,1-4H3,(H,23,24). The van der Waals surface area contributed by atoms with E-state index in [2.05, 4.69) is 63.6 Å². The van der Waals surface area contributed by atoms with Crippen molar-refractivity contribution in [3.05, 3.63) is 18.7 Å². The van der Waals surface area contributed by atoms with Crippen molar-refractivity contribution in [1.82, 2.24) is 29.6 Å². The van der Waals surface area contributed by atoms with Gasteiger partial charge in [0.2, 0.25) is 0 Å². The zero-order valence-electron chi connectivity index (χ0n) is 18.2. The molecule has 2 fully saturated rings. The van der Waals surface area contributed by atoms with Gasteiger partial charge in [0.05, 0.1) is 12.4 Å². The minimum absolute atomic E-state index is 0.461. The Morgan fingerprint density at radius 3 is 2.71 bits per heavy atom. The molecule has 1 aromatic rings. The number of likely N-dealkylation sites (tertiary alicyclic amines) is 1. The number of rotatable bonds is 6. The quantitative estimate of drug-likeness (QED) is 0.592. The fourth-order valence-electron chi connectivity index (χ4n) is 4.29. The van der Waals surface area contributed by atoms with Crippen LogP contribution in [0.25, 0.3) is 0 Å². The average Bonchev–Trinajstić information content (AvgIpc) is 3.22. The molecule has 1 aromatic heterocycles. The first-order chi connectivity index (χ1) is 13.6. The van der Waals surface area contributed by atoms with Crippen molar-refractivity contribution >= 4 is 5.96 Å². The Kier molecular flexibility index (Phi) is 7.73. The highest BCUT2D eigenvalue weighted by atomic mass is 15.3. The highest BCUT2D eigenvalue weighted by molar-refractivity contribution is 5.80. The topological polar surface area (TPSA) is 51.9 Å². The average molecular weight is 390 g/mol. The van der Waals surface area contributed by atoms with E-state index in [4.69, 9.17) is 4.99 Å². The van der Waals surface area contributed by atoms with Gasteiger partial charge in [-0.3, -0.25) is 4.99 Å². The molecule has 2 saturated heterocycles. The number of piperidine rings is 1. The van der Waals surface area contributed by atoms with Crippen LogP contribution in [-0.2, 0) is 0 Å². The molecule has 0 spiro atoms. The molecule has 0 aromatic carbocycles. The lowest BCUT2D eigenvalue weighted by Gasteiger charge is -2.39. The molecular formula is C21H39N7. The fraction of sp³-hybridized carbons (Fsp3) is 0.810. The van der Waals surface area contributed by atoms with Crippen LogP contribution in [-0.4, -0.2) is 96.2 Å². The summed E-state index contributed by atoms with van der Waals surface area (Å²) in [7, 11) is 2.21. The number of aromatic nitrogens is 2. The number of imidazole rings is 1. The van der Waals surface area contributed by atoms with Gasteiger partial charge in [0.15, 0.2) is 5.96 Å². The molecule has 3 heterocycles. The lowest BCUT2D eigenvalue weighted by Crippen LogP contribution is -2.49. The molecule has 28 heavy (non-hydrogen) atoms. The van der Waals surface area contributed by atoms with E-state index >= 15 is 0 Å². The predicted octanol–water partition coefficient (Wildman–Crippen LogP) is 1.62. The molecule has 7 heteroatoms. The second-order valence-corrected chi connectivity index (χ2v) is 8.69. The van der Waals surface area contributed by atoms with Crippen molar-refractivity contribution < 1.29 is 0 Å². The molecule has 3 unspecified atom stereocenters. The van der Waals surface area contributed by atoms with Crippen LogP contribution >= 0.6 is 0 Å². The Hall–Kier alpha value is -1.60. The van der Waals surface area contributed by atoms with Crippen molar-refractivity contribution in [3.8, 4) is 0 Å². The number of hydrogen-bond donors (Lipinski definition) is 1. The van der Waals surface area contributed by atoms with Gasteiger partial charge in [-0.2, -0.15) is 0 Å². The van der Waals surface area contributed by atoms with E-state index in [-0.39, 0.29) is 0 Å². The molecule has 3 rings (SSSR count). The van der Waals surface area contributed by atoms with Crippen LogP contribution in [0.1, 0.15) is 33.2 Å². The first-order valence-electron chi connectivity index (χ1n) is 11.0. The van der Waals surface area contributed by atoms with Crippen LogP contribution in [0.5, 0.6) is 0 Å². The Morgan fingerprint density at radius 1 is 1.25 bits per heavy atom. The molecule has 2 aliphatic rings. The maximum atomic E-state index is 5.03. The Balaban J connectivity index is 1.57. The Morgan fingerprint density at radius 2 is 2.04 bits per heavy atom. The van der Waals surface area contributed by atoms with Gasteiger partial charge in [-0.25, -0.2) is 4.98 Å². The van der Waals surface area contributed by atoms with Crippen LogP contribution in [0.4, 0.5) is 0 Å². The largest absolute Gasteiger partial charge is 0.357 e. The molecule has 0 radical (unpaired) electrons. The minimum atomic E-state index is 0.461. The van der Waals surface area contributed by atoms with Crippen LogP contribution in [0.3, 0.4) is 0 Å². The van der Waals surface area contributed by atoms with Gasteiger partial charge < -0.3 is 24.6 Å². The van der Waals surface area contributed by atoms with E-state index in [1.807, 2.05) is 12.5 Å². The normalized spacial score (nSPS) is 26.4. The summed E-state index contributed by atoms with van der Waals surface area (Å²) >= 11 is 0. The van der Waals surface area contributed by atoms with E-state index in [1.54, 1.807) is 0 Å². The van der Waals surface area contributed by atoms with Crippen molar-refractivity contribution in [2.24, 2.45) is 16.8 Å². The second-order valence-electron chi connectivity index (χ2n) is 8.69. The third-order valence-corrected chi connectivity index (χ3v) is 6.18. The smallest absolute Gasteiger partial charge is 0.193 e. The monoisotopic (exact) mass is 389 g/mol. The summed E-state index contributed by atoms with van der Waals surface area (Å²) in [5, 5.41) is 3.53. The molecule has 3 atom stereocenters. The highest BCUT2D eigenvalue weighted by Gasteiger charge is 2.29. The van der Waals surface area contributed by atoms with Gasteiger partial charge in [-0.1, -0.05) is 13.8 Å². The van der Waals surface area contributed by atoms with Crippen molar-refractivity contribution in [1.29, 1.82) is 0 Å². The van der Waals surface area contributed by atoms with Crippen molar-refractivity contribution in [3.63, 3.8) is 0 Å². The van der Waals surface area contributed by atoms with Crippen molar-refractivity contribution in [2.45, 2.75) is 33.2 Å². The molecule has 0 aliphatic carbocycles. The molecule has 0 amide bonds. The number of nitrogens with zero attached hydrogens (tertiary/aromatic N) is 6. The Bertz CT molecular complexity index is 592. The molecule has 2 aliphatic heterocycles. The zero-order valence-corrected chi connectivity index (χ0v) is 18.2. The summed E-state index contributed by atoms with van der Waals surface area (Å²) in [5.41, 5.74) is 0. The summed E-state index contributed by atoms with van der Waals surface area (Å²) in [6.45, 7) is 16.6. The number of aliphatic imine (C=N–C) groups is 1. The van der Waals surface area contributed by atoms with E-state index in [0.717, 1.165) is 38.7 Å². The van der Waals surface area contributed by atoms with Gasteiger partial charge >= 0.3 is 0 Å². The van der Waals surface area contributed by atoms with Crippen LogP contribution < -0.4 is 5.32 Å². The van der Waals surface area contributed by atoms with Gasteiger partial charge in [0, 0.05) is 71.3 Å². The molecule has 7 nitrogen and oxygen atoms in total. The van der Waals surface area contributed by atoms with Crippen molar-refractivity contribution in [2.75, 3.05) is 66.0 Å². The van der Waals surface area contributed by atoms with E-state index in [9.17, 15) is 0 Å². The molecule has 0 saturated carbocycles. The summed E-state index contributed by atoms with van der Waals surface area (Å²) in [6.07, 6.45) is 7.11. The molecular weight excluding hydrogens is 350 g/mol. The van der Waals surface area contributed by atoms with Crippen LogP contribution in [0.15, 0.2) is 23.7 Å². The zero-order chi connectivity index (χ0) is 19.9. The SMILES string of the molecule is CCNC(=NCC(C)CN1CCN(C)CC1)N1CCC(C)C(n2ccnc2)C1. The number of hydrogen-bond acceptors (Lipinski definition) is 4. The predicted molar refractivity (Wildman–Crippen MR) is 116 cm³/mol. The Labute approximate surface area is 170 Å². The van der Waals surface area contributed by atoms with Gasteiger partial charge in [-0.05, 0) is 32.2 Å². The first kappa shape index (κ1) is 21.1. The van der Waals surface area contributed by atoms with Gasteiger partial charge in [0.1, 0.15) is 0 Å². The molecule has 1 N–H and O–H groups in total. The number of piperazine rings is 1. The van der Waals surface area contributed by atoms with Crippen LogP contribution in [0.2, 0.25) is 0 Å². The maximum Gasteiger partial charge on any atom is 0.193 e. The molecule has 0 bridgehead atoms.